The molecular formula is C10H8ClN3O2S. The molecule has 0 unspecified atom stereocenters. The number of nitro benzene ring substituents is 1. The fraction of sp³-hybridized carbons (Fsp3) is 0.100. The van der Waals surface area contributed by atoms with Crippen molar-refractivity contribution in [2.24, 2.45) is 0 Å². The smallest absolute Gasteiger partial charge is 0.292 e. The second kappa shape index (κ2) is 5.11. The Labute approximate surface area is 106 Å². The summed E-state index contributed by atoms with van der Waals surface area (Å²) < 4.78 is 0.601. The molecule has 0 aliphatic carbocycles. The minimum atomic E-state index is -0.419. The van der Waals surface area contributed by atoms with Gasteiger partial charge in [0.15, 0.2) is 0 Å². The lowest BCUT2D eigenvalue weighted by Gasteiger charge is -2.04. The fourth-order valence-corrected chi connectivity index (χ4v) is 2.22. The van der Waals surface area contributed by atoms with E-state index in [1.807, 2.05) is 0 Å². The van der Waals surface area contributed by atoms with Gasteiger partial charge >= 0.3 is 0 Å². The Bertz CT molecular complexity index is 544. The summed E-state index contributed by atoms with van der Waals surface area (Å²) in [5.74, 6) is 0. The molecule has 88 valence electrons. The van der Waals surface area contributed by atoms with E-state index >= 15 is 0 Å². The molecule has 2 aromatic rings. The van der Waals surface area contributed by atoms with Gasteiger partial charge in [0.1, 0.15) is 15.0 Å². The van der Waals surface area contributed by atoms with Crippen molar-refractivity contribution in [2.75, 3.05) is 5.32 Å². The summed E-state index contributed by atoms with van der Waals surface area (Å²) in [5.41, 5.74) is 0.527. The van der Waals surface area contributed by atoms with Crippen molar-refractivity contribution < 1.29 is 4.92 Å². The molecule has 17 heavy (non-hydrogen) atoms. The molecule has 0 saturated carbocycles. The van der Waals surface area contributed by atoms with Gasteiger partial charge in [0.2, 0.25) is 0 Å². The van der Waals surface area contributed by atoms with E-state index in [4.69, 9.17) is 11.6 Å². The molecule has 0 bridgehead atoms. The van der Waals surface area contributed by atoms with E-state index in [9.17, 15) is 10.1 Å². The number of benzene rings is 1. The van der Waals surface area contributed by atoms with Crippen LogP contribution in [0.1, 0.15) is 5.01 Å². The number of rotatable bonds is 4. The van der Waals surface area contributed by atoms with Gasteiger partial charge in [0.05, 0.1) is 17.7 Å². The van der Waals surface area contributed by atoms with Crippen LogP contribution < -0.4 is 5.32 Å². The molecular weight excluding hydrogens is 262 g/mol. The number of nitrogens with one attached hydrogen (secondary N) is 1. The lowest BCUT2D eigenvalue weighted by molar-refractivity contribution is -0.384. The lowest BCUT2D eigenvalue weighted by Crippen LogP contribution is -2.01. The molecule has 0 spiro atoms. The van der Waals surface area contributed by atoms with Gasteiger partial charge in [-0.2, -0.15) is 0 Å². The van der Waals surface area contributed by atoms with Gasteiger partial charge in [-0.3, -0.25) is 10.1 Å². The molecule has 0 fully saturated rings. The molecule has 5 nitrogen and oxygen atoms in total. The van der Waals surface area contributed by atoms with Crippen LogP contribution >= 0.6 is 22.9 Å². The number of anilines is 1. The molecule has 1 aromatic heterocycles. The molecule has 0 aliphatic heterocycles. The van der Waals surface area contributed by atoms with Gasteiger partial charge in [-0.1, -0.05) is 23.7 Å². The minimum Gasteiger partial charge on any atom is -0.373 e. The molecule has 0 aliphatic rings. The number of para-hydroxylation sites is 2. The maximum atomic E-state index is 10.8. The van der Waals surface area contributed by atoms with Crippen LogP contribution in [0.4, 0.5) is 11.4 Å². The molecule has 1 N–H and O–H groups in total. The van der Waals surface area contributed by atoms with Crippen LogP contribution in [0.5, 0.6) is 0 Å². The minimum absolute atomic E-state index is 0.0511. The van der Waals surface area contributed by atoms with Crippen LogP contribution in [0.25, 0.3) is 0 Å². The number of thiazole rings is 1. The van der Waals surface area contributed by atoms with Crippen molar-refractivity contribution in [1.82, 2.24) is 4.98 Å². The molecule has 0 radical (unpaired) electrons. The summed E-state index contributed by atoms with van der Waals surface area (Å²) >= 11 is 7.09. The van der Waals surface area contributed by atoms with Gasteiger partial charge in [-0.05, 0) is 6.07 Å². The molecule has 0 atom stereocenters. The number of nitrogens with zero attached hydrogens (tertiary/aromatic N) is 2. The summed E-state index contributed by atoms with van der Waals surface area (Å²) in [5, 5.41) is 14.5. The standard InChI is InChI=1S/C10H8ClN3O2S/c11-9-5-13-10(17-9)6-12-7-3-1-2-4-8(7)14(15)16/h1-5,12H,6H2. The first-order valence-electron chi connectivity index (χ1n) is 4.74. The fourth-order valence-electron chi connectivity index (χ4n) is 1.32. The summed E-state index contributed by atoms with van der Waals surface area (Å²) in [6.45, 7) is 0.419. The zero-order valence-corrected chi connectivity index (χ0v) is 10.2. The van der Waals surface area contributed by atoms with E-state index < -0.39 is 4.92 Å². The van der Waals surface area contributed by atoms with Crippen molar-refractivity contribution in [3.8, 4) is 0 Å². The monoisotopic (exact) mass is 269 g/mol. The first kappa shape index (κ1) is 11.8. The highest BCUT2D eigenvalue weighted by Crippen LogP contribution is 2.25. The summed E-state index contributed by atoms with van der Waals surface area (Å²) in [4.78, 5) is 14.4. The summed E-state index contributed by atoms with van der Waals surface area (Å²) in [7, 11) is 0. The maximum Gasteiger partial charge on any atom is 0.292 e. The van der Waals surface area contributed by atoms with Crippen molar-refractivity contribution in [3.05, 3.63) is 49.9 Å². The first-order chi connectivity index (χ1) is 8.16. The van der Waals surface area contributed by atoms with Gasteiger partial charge in [0.25, 0.3) is 5.69 Å². The molecule has 2 rings (SSSR count). The Morgan fingerprint density at radius 2 is 2.24 bits per heavy atom. The lowest BCUT2D eigenvalue weighted by atomic mass is 10.2. The van der Waals surface area contributed by atoms with Gasteiger partial charge in [-0.15, -0.1) is 11.3 Å². The highest BCUT2D eigenvalue weighted by atomic mass is 35.5. The van der Waals surface area contributed by atoms with E-state index in [0.717, 1.165) is 5.01 Å². The van der Waals surface area contributed by atoms with Crippen molar-refractivity contribution in [1.29, 1.82) is 0 Å². The normalized spacial score (nSPS) is 10.2. The Hall–Kier alpha value is -1.66. The number of nitro groups is 1. The van der Waals surface area contributed by atoms with Crippen LogP contribution in [-0.2, 0) is 6.54 Å². The Morgan fingerprint density at radius 3 is 2.88 bits per heavy atom. The van der Waals surface area contributed by atoms with E-state index in [-0.39, 0.29) is 5.69 Å². The Kier molecular flexibility index (Phi) is 3.55. The van der Waals surface area contributed by atoms with Crippen LogP contribution in [0, 0.1) is 10.1 Å². The zero-order valence-electron chi connectivity index (χ0n) is 8.59. The van der Waals surface area contributed by atoms with E-state index in [1.165, 1.54) is 17.4 Å². The molecule has 1 aromatic carbocycles. The van der Waals surface area contributed by atoms with E-state index in [1.54, 1.807) is 24.4 Å². The number of hydrogen-bond acceptors (Lipinski definition) is 5. The van der Waals surface area contributed by atoms with E-state index in [0.29, 0.717) is 16.6 Å². The van der Waals surface area contributed by atoms with Gasteiger partial charge in [-0.25, -0.2) is 4.98 Å². The van der Waals surface area contributed by atoms with Gasteiger partial charge < -0.3 is 5.32 Å². The van der Waals surface area contributed by atoms with Crippen LogP contribution in [-0.4, -0.2) is 9.91 Å². The Morgan fingerprint density at radius 1 is 1.47 bits per heavy atom. The number of halogens is 1. The molecule has 0 amide bonds. The largest absolute Gasteiger partial charge is 0.373 e. The predicted molar refractivity (Wildman–Crippen MR) is 67.5 cm³/mol. The zero-order chi connectivity index (χ0) is 12.3. The second-order valence-corrected chi connectivity index (χ2v) is 4.93. The van der Waals surface area contributed by atoms with Crippen molar-refractivity contribution in [3.63, 3.8) is 0 Å². The average molecular weight is 270 g/mol. The number of aromatic nitrogens is 1. The highest BCUT2D eigenvalue weighted by molar-refractivity contribution is 7.15. The first-order valence-corrected chi connectivity index (χ1v) is 5.94. The maximum absolute atomic E-state index is 10.8. The average Bonchev–Trinajstić information content (AvgIpc) is 2.73. The third-order valence-electron chi connectivity index (χ3n) is 2.06. The van der Waals surface area contributed by atoms with Crippen LogP contribution in [0.3, 0.4) is 0 Å². The second-order valence-electron chi connectivity index (χ2n) is 3.19. The topological polar surface area (TPSA) is 68.1 Å². The molecule has 0 saturated heterocycles. The molecule has 7 heteroatoms. The Balaban J connectivity index is 2.11. The predicted octanol–water partition coefficient (Wildman–Crippen LogP) is 3.32. The molecule has 1 heterocycles. The van der Waals surface area contributed by atoms with Crippen molar-refractivity contribution in [2.45, 2.75) is 6.54 Å². The third-order valence-corrected chi connectivity index (χ3v) is 3.17. The quantitative estimate of drug-likeness (QED) is 0.683. The summed E-state index contributed by atoms with van der Waals surface area (Å²) in [6, 6.07) is 6.48. The summed E-state index contributed by atoms with van der Waals surface area (Å²) in [6.07, 6.45) is 1.56. The van der Waals surface area contributed by atoms with E-state index in [2.05, 4.69) is 10.3 Å². The number of hydrogen-bond donors (Lipinski definition) is 1. The van der Waals surface area contributed by atoms with Gasteiger partial charge in [0, 0.05) is 6.07 Å². The van der Waals surface area contributed by atoms with Crippen LogP contribution in [0.15, 0.2) is 30.5 Å². The van der Waals surface area contributed by atoms with Crippen molar-refractivity contribution >= 4 is 34.3 Å². The highest BCUT2D eigenvalue weighted by Gasteiger charge is 2.12. The SMILES string of the molecule is O=[N+]([O-])c1ccccc1NCc1ncc(Cl)s1. The van der Waals surface area contributed by atoms with Crippen LogP contribution in [0.2, 0.25) is 4.34 Å². The third kappa shape index (κ3) is 2.92.